The van der Waals surface area contributed by atoms with Gasteiger partial charge in [0.1, 0.15) is 11.2 Å². The minimum atomic E-state index is 0.911. The van der Waals surface area contributed by atoms with Crippen LogP contribution in [-0.4, -0.2) is 4.57 Å². The van der Waals surface area contributed by atoms with E-state index < -0.39 is 0 Å². The van der Waals surface area contributed by atoms with Gasteiger partial charge in [-0.25, -0.2) is 0 Å². The molecule has 0 radical (unpaired) electrons. The Kier molecular flexibility index (Phi) is 5.31. The van der Waals surface area contributed by atoms with E-state index in [-0.39, 0.29) is 0 Å². The van der Waals surface area contributed by atoms with E-state index in [9.17, 15) is 0 Å². The Balaban J connectivity index is 1.25. The maximum absolute atomic E-state index is 6.30. The Labute approximate surface area is 233 Å². The number of furan rings is 1. The number of hydrogen-bond acceptors (Lipinski definition) is 2. The normalized spacial score (nSPS) is 14.9. The van der Waals surface area contributed by atoms with E-state index in [0.29, 0.717) is 0 Å². The summed E-state index contributed by atoms with van der Waals surface area (Å²) in [6.07, 6.45) is 13.3. The van der Waals surface area contributed by atoms with Crippen molar-refractivity contribution >= 4 is 50.2 Å². The molecule has 0 atom stereocenters. The molecule has 2 aromatic heterocycles. The Morgan fingerprint density at radius 3 is 2.42 bits per heavy atom. The molecule has 2 aliphatic carbocycles. The van der Waals surface area contributed by atoms with Crippen LogP contribution in [0.15, 0.2) is 113 Å². The number of aromatic nitrogens is 1. The summed E-state index contributed by atoms with van der Waals surface area (Å²) in [6.45, 7) is 2.19. The van der Waals surface area contributed by atoms with Gasteiger partial charge >= 0.3 is 0 Å². The third-order valence-corrected chi connectivity index (χ3v) is 8.47. The van der Waals surface area contributed by atoms with Crippen LogP contribution in [0.2, 0.25) is 0 Å². The van der Waals surface area contributed by atoms with Gasteiger partial charge in [0.25, 0.3) is 0 Å². The summed E-state index contributed by atoms with van der Waals surface area (Å²) in [5, 5.41) is 7.40. The molecule has 40 heavy (non-hydrogen) atoms. The van der Waals surface area contributed by atoms with Crippen molar-refractivity contribution in [3.63, 3.8) is 0 Å². The number of allylic oxidation sites excluding steroid dienone is 5. The van der Waals surface area contributed by atoms with Crippen LogP contribution in [0.25, 0.3) is 50.2 Å². The summed E-state index contributed by atoms with van der Waals surface area (Å²) in [5.74, 6) is 0. The summed E-state index contributed by atoms with van der Waals surface area (Å²) in [7, 11) is 0. The van der Waals surface area contributed by atoms with Crippen LogP contribution in [0.5, 0.6) is 0 Å². The number of nitrogens with zero attached hydrogens (tertiary/aromatic N) is 1. The standard InChI is InChI=1S/C37H30N2O/c1-24-10-2-3-11-27(24)28-12-4-7-15-33(28)38-25-18-20-36-31(22-25)32-23-26(19-21-37(32)40-36)39-34-16-8-5-13-29(34)30-14-6-9-17-35(30)39/h2-5,8-13,16-23,38H,6-7,14-15H2,1H3. The highest BCUT2D eigenvalue weighted by molar-refractivity contribution is 6.07. The van der Waals surface area contributed by atoms with Gasteiger partial charge in [0.05, 0.1) is 5.52 Å². The van der Waals surface area contributed by atoms with Crippen LogP contribution in [0.3, 0.4) is 0 Å². The first-order chi connectivity index (χ1) is 19.7. The van der Waals surface area contributed by atoms with Crippen LogP contribution < -0.4 is 5.32 Å². The molecule has 6 aromatic rings. The van der Waals surface area contributed by atoms with Crippen LogP contribution in [-0.2, 0) is 6.42 Å². The van der Waals surface area contributed by atoms with Crippen LogP contribution >= 0.6 is 0 Å². The number of anilines is 1. The molecule has 194 valence electrons. The molecule has 0 spiro atoms. The van der Waals surface area contributed by atoms with E-state index in [0.717, 1.165) is 53.3 Å². The molecule has 0 aliphatic heterocycles. The average molecular weight is 519 g/mol. The fourth-order valence-electron chi connectivity index (χ4n) is 6.54. The molecule has 0 amide bonds. The largest absolute Gasteiger partial charge is 0.456 e. The summed E-state index contributed by atoms with van der Waals surface area (Å²) in [5.41, 5.74) is 13.2. The molecule has 2 heterocycles. The molecule has 2 aliphatic rings. The number of nitrogens with one attached hydrogen (secondary N) is 1. The lowest BCUT2D eigenvalue weighted by Gasteiger charge is -2.19. The molecular weight excluding hydrogens is 488 g/mol. The Bertz CT molecular complexity index is 2050. The lowest BCUT2D eigenvalue weighted by molar-refractivity contribution is 0.669. The summed E-state index contributed by atoms with van der Waals surface area (Å²) >= 11 is 0. The number of rotatable bonds is 4. The first kappa shape index (κ1) is 23.2. The Morgan fingerprint density at radius 2 is 1.50 bits per heavy atom. The van der Waals surface area contributed by atoms with Gasteiger partial charge in [-0.3, -0.25) is 0 Å². The summed E-state index contributed by atoms with van der Waals surface area (Å²) in [4.78, 5) is 0. The van der Waals surface area contributed by atoms with Crippen molar-refractivity contribution < 1.29 is 4.42 Å². The summed E-state index contributed by atoms with van der Waals surface area (Å²) in [6, 6.07) is 30.5. The van der Waals surface area contributed by atoms with Gasteiger partial charge in [-0.15, -0.1) is 0 Å². The molecule has 0 unspecified atom stereocenters. The number of para-hydroxylation sites is 1. The molecule has 3 heteroatoms. The highest BCUT2D eigenvalue weighted by atomic mass is 16.3. The third kappa shape index (κ3) is 3.65. The van der Waals surface area contributed by atoms with E-state index in [1.807, 2.05) is 0 Å². The smallest absolute Gasteiger partial charge is 0.135 e. The van der Waals surface area contributed by atoms with E-state index in [1.165, 1.54) is 50.2 Å². The van der Waals surface area contributed by atoms with Gasteiger partial charge in [-0.05, 0) is 97.8 Å². The van der Waals surface area contributed by atoms with Gasteiger partial charge in [0.15, 0.2) is 0 Å². The van der Waals surface area contributed by atoms with Crippen molar-refractivity contribution in [3.05, 3.63) is 131 Å². The first-order valence-corrected chi connectivity index (χ1v) is 14.2. The van der Waals surface area contributed by atoms with Gasteiger partial charge < -0.3 is 14.3 Å². The first-order valence-electron chi connectivity index (χ1n) is 14.2. The number of benzene rings is 4. The SMILES string of the molecule is Cc1ccccc1C1=C(Nc2ccc3oc4ccc(-n5c6c(c7ccccc75)CCC=C6)cc4c3c2)CCC=C1. The minimum Gasteiger partial charge on any atom is -0.456 e. The van der Waals surface area contributed by atoms with E-state index >= 15 is 0 Å². The number of fused-ring (bicyclic) bond motifs is 6. The van der Waals surface area contributed by atoms with Crippen molar-refractivity contribution in [1.82, 2.24) is 4.57 Å². The maximum Gasteiger partial charge on any atom is 0.135 e. The van der Waals surface area contributed by atoms with Crippen LogP contribution in [0.1, 0.15) is 41.6 Å². The number of hydrogen-bond donors (Lipinski definition) is 1. The van der Waals surface area contributed by atoms with Crippen molar-refractivity contribution in [2.24, 2.45) is 0 Å². The topological polar surface area (TPSA) is 30.1 Å². The van der Waals surface area contributed by atoms with Crippen molar-refractivity contribution in [2.75, 3.05) is 5.32 Å². The van der Waals surface area contributed by atoms with Crippen LogP contribution in [0, 0.1) is 6.92 Å². The van der Waals surface area contributed by atoms with Gasteiger partial charge in [0.2, 0.25) is 0 Å². The van der Waals surface area contributed by atoms with Crippen molar-refractivity contribution in [2.45, 2.75) is 32.6 Å². The molecule has 1 N–H and O–H groups in total. The number of aryl methyl sites for hydroxylation is 2. The van der Waals surface area contributed by atoms with Crippen molar-refractivity contribution in [3.8, 4) is 5.69 Å². The zero-order chi connectivity index (χ0) is 26.6. The van der Waals surface area contributed by atoms with Gasteiger partial charge in [0, 0.05) is 44.5 Å². The Hall–Kier alpha value is -4.76. The van der Waals surface area contributed by atoms with Crippen molar-refractivity contribution in [1.29, 1.82) is 0 Å². The predicted octanol–water partition coefficient (Wildman–Crippen LogP) is 9.97. The molecule has 0 fully saturated rings. The highest BCUT2D eigenvalue weighted by Crippen LogP contribution is 2.38. The predicted molar refractivity (Wildman–Crippen MR) is 168 cm³/mol. The lowest BCUT2D eigenvalue weighted by atomic mass is 9.93. The monoisotopic (exact) mass is 518 g/mol. The second kappa shape index (κ2) is 9.17. The zero-order valence-electron chi connectivity index (χ0n) is 22.6. The Morgan fingerprint density at radius 1 is 0.725 bits per heavy atom. The second-order valence-corrected chi connectivity index (χ2v) is 10.9. The van der Waals surface area contributed by atoms with E-state index in [1.54, 1.807) is 0 Å². The average Bonchev–Trinajstić information content (AvgIpc) is 3.53. The fourth-order valence-corrected chi connectivity index (χ4v) is 6.54. The third-order valence-electron chi connectivity index (χ3n) is 8.47. The second-order valence-electron chi connectivity index (χ2n) is 10.9. The molecule has 3 nitrogen and oxygen atoms in total. The van der Waals surface area contributed by atoms with Gasteiger partial charge in [-0.2, -0.15) is 0 Å². The quantitative estimate of drug-likeness (QED) is 0.252. The van der Waals surface area contributed by atoms with E-state index in [2.05, 4.69) is 126 Å². The lowest BCUT2D eigenvalue weighted by Crippen LogP contribution is -2.06. The molecular formula is C37H30N2O. The van der Waals surface area contributed by atoms with E-state index in [4.69, 9.17) is 4.42 Å². The minimum absolute atomic E-state index is 0.911. The molecule has 0 bridgehead atoms. The zero-order valence-corrected chi connectivity index (χ0v) is 22.6. The highest BCUT2D eigenvalue weighted by Gasteiger charge is 2.19. The maximum atomic E-state index is 6.30. The summed E-state index contributed by atoms with van der Waals surface area (Å²) < 4.78 is 8.71. The molecule has 4 aromatic carbocycles. The fraction of sp³-hybridized carbons (Fsp3) is 0.135. The molecule has 0 saturated carbocycles. The van der Waals surface area contributed by atoms with Crippen LogP contribution in [0.4, 0.5) is 5.69 Å². The molecule has 8 rings (SSSR count). The van der Waals surface area contributed by atoms with Gasteiger partial charge in [-0.1, -0.05) is 60.7 Å². The molecule has 0 saturated heterocycles.